The Morgan fingerprint density at radius 1 is 1.20 bits per heavy atom. The minimum Gasteiger partial charge on any atom is -0.452 e. The van der Waals surface area contributed by atoms with Crippen LogP contribution in [-0.4, -0.2) is 30.1 Å². The summed E-state index contributed by atoms with van der Waals surface area (Å²) in [4.78, 5) is 35.6. The third-order valence-electron chi connectivity index (χ3n) is 4.15. The molecule has 1 aliphatic carbocycles. The lowest BCUT2D eigenvalue weighted by Crippen LogP contribution is -2.48. The number of benzene rings is 1. The minimum absolute atomic E-state index is 0.0699. The lowest BCUT2D eigenvalue weighted by molar-refractivity contribution is -0.153. The van der Waals surface area contributed by atoms with Gasteiger partial charge in [0.1, 0.15) is 5.82 Å². The normalized spacial score (nSPS) is 15.9. The molecule has 1 atom stereocenters. The highest BCUT2D eigenvalue weighted by atomic mass is 19.1. The molecule has 1 aromatic carbocycles. The highest BCUT2D eigenvalue weighted by Gasteiger charge is 2.22. The van der Waals surface area contributed by atoms with Gasteiger partial charge in [0.2, 0.25) is 0 Å². The van der Waals surface area contributed by atoms with Gasteiger partial charge in [-0.1, -0.05) is 37.5 Å². The van der Waals surface area contributed by atoms with Crippen molar-refractivity contribution in [2.45, 2.75) is 57.6 Å². The highest BCUT2D eigenvalue weighted by molar-refractivity contribution is 5.97. The maximum atomic E-state index is 13.5. The van der Waals surface area contributed by atoms with E-state index in [0.717, 1.165) is 32.1 Å². The number of hydrogen-bond donors (Lipinski definition) is 2. The Balaban J connectivity index is 1.76. The van der Waals surface area contributed by atoms with Gasteiger partial charge in [0, 0.05) is 6.04 Å². The zero-order valence-corrected chi connectivity index (χ0v) is 14.2. The molecule has 1 aromatic rings. The van der Waals surface area contributed by atoms with Crippen molar-refractivity contribution < 1.29 is 23.5 Å². The monoisotopic (exact) mass is 350 g/mol. The van der Waals surface area contributed by atoms with Gasteiger partial charge in [-0.2, -0.15) is 0 Å². The van der Waals surface area contributed by atoms with Crippen molar-refractivity contribution in [3.63, 3.8) is 0 Å². The number of amides is 3. The van der Waals surface area contributed by atoms with E-state index < -0.39 is 29.8 Å². The molecule has 1 saturated carbocycles. The van der Waals surface area contributed by atoms with Crippen molar-refractivity contribution in [3.05, 3.63) is 35.6 Å². The molecule has 6 nitrogen and oxygen atoms in total. The number of urea groups is 1. The molecule has 7 heteroatoms. The van der Waals surface area contributed by atoms with E-state index in [0.29, 0.717) is 0 Å². The van der Waals surface area contributed by atoms with Crippen molar-refractivity contribution in [2.24, 2.45) is 0 Å². The maximum absolute atomic E-state index is 13.5. The zero-order valence-electron chi connectivity index (χ0n) is 14.2. The highest BCUT2D eigenvalue weighted by Crippen LogP contribution is 2.17. The van der Waals surface area contributed by atoms with Crippen molar-refractivity contribution in [2.75, 3.05) is 0 Å². The minimum atomic E-state index is -1.14. The first-order chi connectivity index (χ1) is 12.0. The van der Waals surface area contributed by atoms with E-state index in [9.17, 15) is 18.8 Å². The maximum Gasteiger partial charge on any atom is 0.321 e. The average Bonchev–Trinajstić information content (AvgIpc) is 2.57. The number of carbonyl (C=O) groups is 3. The largest absolute Gasteiger partial charge is 0.452 e. The van der Waals surface area contributed by atoms with Gasteiger partial charge < -0.3 is 10.1 Å². The third-order valence-corrected chi connectivity index (χ3v) is 4.15. The summed E-state index contributed by atoms with van der Waals surface area (Å²) < 4.78 is 18.5. The smallest absolute Gasteiger partial charge is 0.321 e. The Kier molecular flexibility index (Phi) is 6.91. The number of esters is 1. The molecule has 1 fully saturated rings. The molecule has 0 aromatic heterocycles. The summed E-state index contributed by atoms with van der Waals surface area (Å²) >= 11 is 0. The van der Waals surface area contributed by atoms with Crippen LogP contribution in [0, 0.1) is 5.82 Å². The lowest BCUT2D eigenvalue weighted by Gasteiger charge is -2.23. The quantitative estimate of drug-likeness (QED) is 0.799. The second kappa shape index (κ2) is 9.15. The van der Waals surface area contributed by atoms with Crippen LogP contribution in [0.15, 0.2) is 24.3 Å². The predicted molar refractivity (Wildman–Crippen MR) is 89.2 cm³/mol. The number of rotatable bonds is 5. The van der Waals surface area contributed by atoms with E-state index >= 15 is 0 Å². The summed E-state index contributed by atoms with van der Waals surface area (Å²) in [5.74, 6) is -1.96. The van der Waals surface area contributed by atoms with Crippen LogP contribution >= 0.6 is 0 Å². The molecule has 2 N–H and O–H groups in total. The Labute approximate surface area is 146 Å². The second-order valence-corrected chi connectivity index (χ2v) is 6.20. The van der Waals surface area contributed by atoms with E-state index in [2.05, 4.69) is 10.6 Å². The number of hydrogen-bond acceptors (Lipinski definition) is 4. The van der Waals surface area contributed by atoms with E-state index in [-0.39, 0.29) is 18.0 Å². The lowest BCUT2D eigenvalue weighted by atomic mass is 9.96. The summed E-state index contributed by atoms with van der Waals surface area (Å²) in [5, 5.41) is 4.91. The van der Waals surface area contributed by atoms with Gasteiger partial charge in [-0.3, -0.25) is 14.9 Å². The van der Waals surface area contributed by atoms with Crippen LogP contribution in [0.4, 0.5) is 9.18 Å². The molecule has 0 heterocycles. The number of carbonyl (C=O) groups excluding carboxylic acids is 3. The van der Waals surface area contributed by atoms with Gasteiger partial charge in [-0.25, -0.2) is 9.18 Å². The van der Waals surface area contributed by atoms with Crippen LogP contribution in [0.5, 0.6) is 0 Å². The average molecular weight is 350 g/mol. The number of halogens is 1. The van der Waals surface area contributed by atoms with Gasteiger partial charge >= 0.3 is 12.0 Å². The van der Waals surface area contributed by atoms with Gasteiger partial charge in [0.15, 0.2) is 6.10 Å². The van der Waals surface area contributed by atoms with Crippen molar-refractivity contribution in [1.29, 1.82) is 0 Å². The molecule has 0 unspecified atom stereocenters. The van der Waals surface area contributed by atoms with Crippen molar-refractivity contribution in [1.82, 2.24) is 10.6 Å². The Hall–Kier alpha value is -2.44. The molecule has 1 aliphatic rings. The topological polar surface area (TPSA) is 84.5 Å². The number of nitrogens with one attached hydrogen (secondary N) is 2. The fourth-order valence-electron chi connectivity index (χ4n) is 2.77. The third kappa shape index (κ3) is 6.17. The van der Waals surface area contributed by atoms with Crippen LogP contribution < -0.4 is 10.6 Å². The Morgan fingerprint density at radius 3 is 2.56 bits per heavy atom. The molecule has 0 bridgehead atoms. The zero-order chi connectivity index (χ0) is 18.2. The Bertz CT molecular complexity index is 629. The molecule has 136 valence electrons. The summed E-state index contributed by atoms with van der Waals surface area (Å²) in [7, 11) is 0. The van der Waals surface area contributed by atoms with Gasteiger partial charge in [0.05, 0.1) is 6.42 Å². The van der Waals surface area contributed by atoms with Crippen LogP contribution in [0.1, 0.15) is 44.6 Å². The van der Waals surface area contributed by atoms with Crippen LogP contribution in [0.25, 0.3) is 0 Å². The van der Waals surface area contributed by atoms with Gasteiger partial charge in [0.25, 0.3) is 5.91 Å². The molecule has 0 aliphatic heterocycles. The van der Waals surface area contributed by atoms with Crippen LogP contribution in [-0.2, 0) is 20.7 Å². The molecule has 0 spiro atoms. The van der Waals surface area contributed by atoms with E-state index in [1.165, 1.54) is 25.1 Å². The summed E-state index contributed by atoms with van der Waals surface area (Å²) in [6.45, 7) is 1.36. The first-order valence-corrected chi connectivity index (χ1v) is 8.50. The SMILES string of the molecule is C[C@H](OC(=O)Cc1ccccc1F)C(=O)NC(=O)NC1CCCCC1. The van der Waals surface area contributed by atoms with Crippen molar-refractivity contribution >= 4 is 17.9 Å². The van der Waals surface area contributed by atoms with E-state index in [4.69, 9.17) is 4.74 Å². The van der Waals surface area contributed by atoms with Crippen LogP contribution in [0.3, 0.4) is 0 Å². The van der Waals surface area contributed by atoms with E-state index in [1.807, 2.05) is 0 Å². The molecule has 0 saturated heterocycles. The Morgan fingerprint density at radius 2 is 1.88 bits per heavy atom. The number of imide groups is 1. The fraction of sp³-hybridized carbons (Fsp3) is 0.500. The summed E-state index contributed by atoms with van der Waals surface area (Å²) in [5.41, 5.74) is 0.190. The van der Waals surface area contributed by atoms with Crippen LogP contribution in [0.2, 0.25) is 0 Å². The predicted octanol–water partition coefficient (Wildman–Crippen LogP) is 2.46. The van der Waals surface area contributed by atoms with Crippen molar-refractivity contribution in [3.8, 4) is 0 Å². The van der Waals surface area contributed by atoms with E-state index in [1.54, 1.807) is 6.07 Å². The molecule has 0 radical (unpaired) electrons. The second-order valence-electron chi connectivity index (χ2n) is 6.20. The molecular formula is C18H23FN2O4. The molecule has 3 amide bonds. The number of ether oxygens (including phenoxy) is 1. The molecule has 25 heavy (non-hydrogen) atoms. The first-order valence-electron chi connectivity index (χ1n) is 8.50. The summed E-state index contributed by atoms with van der Waals surface area (Å²) in [6, 6.07) is 5.32. The molecule has 2 rings (SSSR count). The fourth-order valence-corrected chi connectivity index (χ4v) is 2.77. The van der Waals surface area contributed by atoms with Gasteiger partial charge in [-0.15, -0.1) is 0 Å². The van der Waals surface area contributed by atoms with Gasteiger partial charge in [-0.05, 0) is 31.4 Å². The molecular weight excluding hydrogens is 327 g/mol. The first kappa shape index (κ1) is 18.9. The summed E-state index contributed by atoms with van der Waals surface area (Å²) in [6.07, 6.45) is 3.65. The standard InChI is InChI=1S/C18H23FN2O4/c1-12(25-16(22)11-13-7-5-6-10-15(13)19)17(23)21-18(24)20-14-8-3-2-4-9-14/h5-7,10,12,14H,2-4,8-9,11H2,1H3,(H2,20,21,23,24)/t12-/m0/s1.